The molecule has 0 spiro atoms. The van der Waals surface area contributed by atoms with Gasteiger partial charge in [0.25, 0.3) is 0 Å². The SMILES string of the molecule is CCC(C)(C)C(CC(=O)OC)C(=O)OC. The van der Waals surface area contributed by atoms with E-state index in [0.717, 1.165) is 6.42 Å². The summed E-state index contributed by atoms with van der Waals surface area (Å²) in [6.07, 6.45) is 0.869. The van der Waals surface area contributed by atoms with Crippen molar-refractivity contribution < 1.29 is 19.1 Å². The topological polar surface area (TPSA) is 52.6 Å². The van der Waals surface area contributed by atoms with Crippen LogP contribution in [0.25, 0.3) is 0 Å². The van der Waals surface area contributed by atoms with Gasteiger partial charge in [-0.25, -0.2) is 0 Å². The van der Waals surface area contributed by atoms with E-state index in [9.17, 15) is 9.59 Å². The molecule has 0 aromatic carbocycles. The molecular formula is C11H20O4. The van der Waals surface area contributed by atoms with Gasteiger partial charge in [-0.1, -0.05) is 27.2 Å². The van der Waals surface area contributed by atoms with Gasteiger partial charge in [0.05, 0.1) is 26.6 Å². The standard InChI is InChI=1S/C11H20O4/c1-6-11(2,3)8(10(13)15-5)7-9(12)14-4/h8H,6-7H2,1-5H3. The van der Waals surface area contributed by atoms with E-state index in [0.29, 0.717) is 0 Å². The summed E-state index contributed by atoms with van der Waals surface area (Å²) in [5, 5.41) is 0. The maximum Gasteiger partial charge on any atom is 0.309 e. The summed E-state index contributed by atoms with van der Waals surface area (Å²) in [6, 6.07) is 0. The molecule has 0 rings (SSSR count). The number of carbonyl (C=O) groups excluding carboxylic acids is 2. The van der Waals surface area contributed by atoms with Crippen LogP contribution in [0.1, 0.15) is 33.6 Å². The average Bonchev–Trinajstić information content (AvgIpc) is 2.24. The van der Waals surface area contributed by atoms with E-state index >= 15 is 0 Å². The monoisotopic (exact) mass is 216 g/mol. The summed E-state index contributed by atoms with van der Waals surface area (Å²) in [5.41, 5.74) is -0.263. The highest BCUT2D eigenvalue weighted by molar-refractivity contribution is 5.80. The van der Waals surface area contributed by atoms with Crippen LogP contribution in [0.3, 0.4) is 0 Å². The van der Waals surface area contributed by atoms with Crippen LogP contribution in [0.2, 0.25) is 0 Å². The molecule has 15 heavy (non-hydrogen) atoms. The summed E-state index contributed by atoms with van der Waals surface area (Å²) in [6.45, 7) is 5.86. The van der Waals surface area contributed by atoms with Gasteiger partial charge in [0.1, 0.15) is 0 Å². The fourth-order valence-corrected chi connectivity index (χ4v) is 1.32. The molecule has 4 heteroatoms. The maximum absolute atomic E-state index is 11.5. The van der Waals surface area contributed by atoms with E-state index in [2.05, 4.69) is 4.74 Å². The molecule has 0 radical (unpaired) electrons. The van der Waals surface area contributed by atoms with Crippen LogP contribution in [0.4, 0.5) is 0 Å². The molecule has 0 amide bonds. The number of esters is 2. The van der Waals surface area contributed by atoms with Crippen molar-refractivity contribution in [1.29, 1.82) is 0 Å². The summed E-state index contributed by atoms with van der Waals surface area (Å²) in [5.74, 6) is -1.18. The molecule has 1 unspecified atom stereocenters. The Balaban J connectivity index is 4.73. The molecule has 0 heterocycles. The van der Waals surface area contributed by atoms with Gasteiger partial charge < -0.3 is 9.47 Å². The number of hydrogen-bond acceptors (Lipinski definition) is 4. The summed E-state index contributed by atoms with van der Waals surface area (Å²) < 4.78 is 9.27. The quantitative estimate of drug-likeness (QED) is 0.657. The zero-order valence-corrected chi connectivity index (χ0v) is 10.1. The van der Waals surface area contributed by atoms with Gasteiger partial charge in [-0.05, 0) is 5.41 Å². The normalized spacial score (nSPS) is 13.1. The molecule has 0 bridgehead atoms. The molecule has 0 aliphatic heterocycles. The second kappa shape index (κ2) is 5.73. The lowest BCUT2D eigenvalue weighted by Gasteiger charge is -2.30. The zero-order valence-electron chi connectivity index (χ0n) is 10.1. The summed E-state index contributed by atoms with van der Waals surface area (Å²) in [4.78, 5) is 22.7. The van der Waals surface area contributed by atoms with Crippen LogP contribution in [0.15, 0.2) is 0 Å². The first-order valence-corrected chi connectivity index (χ1v) is 5.03. The van der Waals surface area contributed by atoms with Crippen LogP contribution in [0, 0.1) is 11.3 Å². The Morgan fingerprint density at radius 1 is 1.20 bits per heavy atom. The Morgan fingerprint density at radius 2 is 1.73 bits per heavy atom. The van der Waals surface area contributed by atoms with Gasteiger partial charge in [0.2, 0.25) is 0 Å². The van der Waals surface area contributed by atoms with Gasteiger partial charge >= 0.3 is 11.9 Å². The van der Waals surface area contributed by atoms with Gasteiger partial charge in [-0.3, -0.25) is 9.59 Å². The lowest BCUT2D eigenvalue weighted by molar-refractivity contribution is -0.156. The van der Waals surface area contributed by atoms with Crippen molar-refractivity contribution in [3.05, 3.63) is 0 Å². The second-order valence-corrected chi connectivity index (χ2v) is 4.20. The minimum Gasteiger partial charge on any atom is -0.469 e. The Kier molecular flexibility index (Phi) is 5.33. The largest absolute Gasteiger partial charge is 0.469 e. The van der Waals surface area contributed by atoms with Gasteiger partial charge in [0, 0.05) is 0 Å². The van der Waals surface area contributed by atoms with E-state index in [1.807, 2.05) is 20.8 Å². The number of carbonyl (C=O) groups is 2. The first-order valence-electron chi connectivity index (χ1n) is 5.03. The average molecular weight is 216 g/mol. The minimum absolute atomic E-state index is 0.0734. The van der Waals surface area contributed by atoms with Crippen molar-refractivity contribution in [3.63, 3.8) is 0 Å². The fraction of sp³-hybridized carbons (Fsp3) is 0.818. The van der Waals surface area contributed by atoms with Crippen LogP contribution >= 0.6 is 0 Å². The van der Waals surface area contributed by atoms with Gasteiger partial charge in [-0.2, -0.15) is 0 Å². The minimum atomic E-state index is -0.444. The highest BCUT2D eigenvalue weighted by atomic mass is 16.5. The smallest absolute Gasteiger partial charge is 0.309 e. The molecule has 4 nitrogen and oxygen atoms in total. The van der Waals surface area contributed by atoms with E-state index < -0.39 is 5.92 Å². The van der Waals surface area contributed by atoms with E-state index in [1.54, 1.807) is 0 Å². The Bertz CT molecular complexity index is 233. The molecule has 0 aromatic rings. The van der Waals surface area contributed by atoms with E-state index in [4.69, 9.17) is 4.74 Å². The van der Waals surface area contributed by atoms with Crippen molar-refractivity contribution in [2.45, 2.75) is 33.6 Å². The molecule has 0 N–H and O–H groups in total. The fourth-order valence-electron chi connectivity index (χ4n) is 1.32. The summed E-state index contributed by atoms with van der Waals surface area (Å²) >= 11 is 0. The van der Waals surface area contributed by atoms with Crippen LogP contribution in [0.5, 0.6) is 0 Å². The number of hydrogen-bond donors (Lipinski definition) is 0. The molecule has 88 valence electrons. The predicted octanol–water partition coefficient (Wildman–Crippen LogP) is 1.77. The highest BCUT2D eigenvalue weighted by Gasteiger charge is 2.36. The lowest BCUT2D eigenvalue weighted by atomic mass is 9.75. The van der Waals surface area contributed by atoms with Crippen molar-refractivity contribution >= 4 is 11.9 Å². The van der Waals surface area contributed by atoms with Crippen molar-refractivity contribution in [2.24, 2.45) is 11.3 Å². The first kappa shape index (κ1) is 13.9. The maximum atomic E-state index is 11.5. The molecule has 0 aromatic heterocycles. The predicted molar refractivity (Wildman–Crippen MR) is 56.2 cm³/mol. The third-order valence-electron chi connectivity index (χ3n) is 2.94. The number of rotatable bonds is 5. The molecular weight excluding hydrogens is 196 g/mol. The van der Waals surface area contributed by atoms with Crippen LogP contribution in [-0.2, 0) is 19.1 Å². The molecule has 0 aliphatic carbocycles. The third kappa shape index (κ3) is 3.90. The Hall–Kier alpha value is -1.06. The second-order valence-electron chi connectivity index (χ2n) is 4.20. The highest BCUT2D eigenvalue weighted by Crippen LogP contribution is 2.33. The zero-order chi connectivity index (χ0) is 12.1. The molecule has 0 aliphatic rings. The molecule has 1 atom stereocenters. The van der Waals surface area contributed by atoms with Gasteiger partial charge in [0.15, 0.2) is 0 Å². The number of methoxy groups -OCH3 is 2. The van der Waals surface area contributed by atoms with Crippen LogP contribution < -0.4 is 0 Å². The molecule has 0 saturated heterocycles. The summed E-state index contributed by atoms with van der Waals surface area (Å²) in [7, 11) is 2.65. The first-order chi connectivity index (χ1) is 6.88. The van der Waals surface area contributed by atoms with Crippen molar-refractivity contribution in [2.75, 3.05) is 14.2 Å². The van der Waals surface area contributed by atoms with E-state index in [1.165, 1.54) is 14.2 Å². The third-order valence-corrected chi connectivity index (χ3v) is 2.94. The van der Waals surface area contributed by atoms with Gasteiger partial charge in [-0.15, -0.1) is 0 Å². The number of ether oxygens (including phenoxy) is 2. The molecule has 0 fully saturated rings. The van der Waals surface area contributed by atoms with Crippen molar-refractivity contribution in [1.82, 2.24) is 0 Å². The lowest BCUT2D eigenvalue weighted by Crippen LogP contribution is -2.33. The van der Waals surface area contributed by atoms with Crippen LogP contribution in [-0.4, -0.2) is 26.2 Å². The Morgan fingerprint density at radius 3 is 2.07 bits per heavy atom. The molecule has 0 saturated carbocycles. The Labute approximate surface area is 90.9 Å². The van der Waals surface area contributed by atoms with Crippen molar-refractivity contribution in [3.8, 4) is 0 Å². The van der Waals surface area contributed by atoms with E-state index in [-0.39, 0.29) is 23.8 Å².